The Bertz CT molecular complexity index is 428. The number of rotatable bonds is 5. The van der Waals surface area contributed by atoms with Gasteiger partial charge in [-0.05, 0) is 43.6 Å². The van der Waals surface area contributed by atoms with E-state index in [-0.39, 0.29) is 0 Å². The predicted molar refractivity (Wildman–Crippen MR) is 75.0 cm³/mol. The van der Waals surface area contributed by atoms with E-state index in [1.807, 2.05) is 18.2 Å². The molecule has 1 N–H and O–H groups in total. The number of ketones is 1. The van der Waals surface area contributed by atoms with Crippen LogP contribution in [0, 0.1) is 5.92 Å². The van der Waals surface area contributed by atoms with E-state index in [0.717, 1.165) is 35.3 Å². The van der Waals surface area contributed by atoms with Crippen molar-refractivity contribution in [1.82, 2.24) is 5.32 Å². The summed E-state index contributed by atoms with van der Waals surface area (Å²) in [5.74, 6) is 1.59. The normalized spacial score (nSPS) is 18.9. The largest absolute Gasteiger partial charge is 0.496 e. The van der Waals surface area contributed by atoms with Crippen LogP contribution in [0.1, 0.15) is 18.4 Å². The zero-order valence-corrected chi connectivity index (χ0v) is 12.1. The van der Waals surface area contributed by atoms with Crippen molar-refractivity contribution < 1.29 is 9.53 Å². The molecule has 1 unspecified atom stereocenters. The minimum Gasteiger partial charge on any atom is -0.496 e. The molecule has 1 atom stereocenters. The molecule has 1 aromatic carbocycles. The molecule has 0 aliphatic carbocycles. The lowest BCUT2D eigenvalue weighted by atomic mass is 9.97. The molecule has 3 nitrogen and oxygen atoms in total. The van der Waals surface area contributed by atoms with Gasteiger partial charge in [-0.2, -0.15) is 0 Å². The number of benzene rings is 1. The second kappa shape index (κ2) is 6.34. The van der Waals surface area contributed by atoms with Gasteiger partial charge in [0.25, 0.3) is 0 Å². The van der Waals surface area contributed by atoms with Crippen LogP contribution < -0.4 is 10.1 Å². The molecular formula is C14H18BrNO2. The maximum Gasteiger partial charge on any atom is 0.137 e. The summed E-state index contributed by atoms with van der Waals surface area (Å²) in [5.41, 5.74) is 0.961. The van der Waals surface area contributed by atoms with E-state index in [0.29, 0.717) is 24.5 Å². The number of carbonyl (C=O) groups excluding carboxylic acids is 1. The van der Waals surface area contributed by atoms with Crippen LogP contribution >= 0.6 is 15.9 Å². The molecule has 1 aliphatic rings. The molecule has 0 aromatic heterocycles. The van der Waals surface area contributed by atoms with E-state index in [4.69, 9.17) is 4.74 Å². The molecule has 0 saturated carbocycles. The van der Waals surface area contributed by atoms with Crippen LogP contribution in [-0.4, -0.2) is 26.0 Å². The third-order valence-electron chi connectivity index (χ3n) is 3.31. The highest BCUT2D eigenvalue weighted by Gasteiger charge is 2.19. The Morgan fingerprint density at radius 2 is 2.39 bits per heavy atom. The van der Waals surface area contributed by atoms with E-state index in [2.05, 4.69) is 21.2 Å². The van der Waals surface area contributed by atoms with Crippen molar-refractivity contribution in [3.05, 3.63) is 28.2 Å². The lowest BCUT2D eigenvalue weighted by Crippen LogP contribution is -2.14. The van der Waals surface area contributed by atoms with E-state index >= 15 is 0 Å². The molecule has 1 fully saturated rings. The van der Waals surface area contributed by atoms with Gasteiger partial charge in [0.1, 0.15) is 11.5 Å². The van der Waals surface area contributed by atoms with Gasteiger partial charge in [0.15, 0.2) is 0 Å². The Hall–Kier alpha value is -0.870. The molecule has 1 aliphatic heterocycles. The van der Waals surface area contributed by atoms with Crippen molar-refractivity contribution in [2.75, 3.05) is 20.2 Å². The van der Waals surface area contributed by atoms with Gasteiger partial charge in [-0.15, -0.1) is 0 Å². The van der Waals surface area contributed by atoms with Crippen molar-refractivity contribution in [1.29, 1.82) is 0 Å². The number of ether oxygens (including phenoxy) is 1. The lowest BCUT2D eigenvalue weighted by molar-refractivity contribution is -0.119. The van der Waals surface area contributed by atoms with E-state index in [1.165, 1.54) is 0 Å². The van der Waals surface area contributed by atoms with Gasteiger partial charge in [-0.1, -0.05) is 15.9 Å². The van der Waals surface area contributed by atoms with Crippen LogP contribution in [0.15, 0.2) is 22.7 Å². The second-order valence-corrected chi connectivity index (χ2v) is 5.65. The number of Topliss-reactive ketones (excluding diaryl/α,β-unsaturated/α-hetero) is 1. The maximum atomic E-state index is 12.0. The van der Waals surface area contributed by atoms with Crippen molar-refractivity contribution in [2.24, 2.45) is 5.92 Å². The van der Waals surface area contributed by atoms with Crippen LogP contribution in [0.4, 0.5) is 0 Å². The standard InChI is InChI=1S/C14H18BrNO2/c1-18-14-3-2-12(15)7-11(14)8-13(17)6-10-4-5-16-9-10/h2-3,7,10,16H,4-6,8-9H2,1H3. The number of halogens is 1. The smallest absolute Gasteiger partial charge is 0.137 e. The summed E-state index contributed by atoms with van der Waals surface area (Å²) < 4.78 is 6.27. The molecular weight excluding hydrogens is 294 g/mol. The number of methoxy groups -OCH3 is 1. The quantitative estimate of drug-likeness (QED) is 0.908. The van der Waals surface area contributed by atoms with Crippen LogP contribution in [0.25, 0.3) is 0 Å². The van der Waals surface area contributed by atoms with Gasteiger partial charge >= 0.3 is 0 Å². The number of hydrogen-bond acceptors (Lipinski definition) is 3. The Morgan fingerprint density at radius 3 is 3.06 bits per heavy atom. The van der Waals surface area contributed by atoms with Gasteiger partial charge < -0.3 is 10.1 Å². The summed E-state index contributed by atoms with van der Waals surface area (Å²) in [7, 11) is 1.64. The zero-order valence-electron chi connectivity index (χ0n) is 10.5. The topological polar surface area (TPSA) is 38.3 Å². The predicted octanol–water partition coefficient (Wildman–Crippen LogP) is 2.57. The van der Waals surface area contributed by atoms with Gasteiger partial charge in [0, 0.05) is 22.9 Å². The molecule has 0 amide bonds. The average Bonchev–Trinajstić information content (AvgIpc) is 2.82. The van der Waals surface area contributed by atoms with Gasteiger partial charge in [0.2, 0.25) is 0 Å². The van der Waals surface area contributed by atoms with Gasteiger partial charge in [-0.25, -0.2) is 0 Å². The van der Waals surface area contributed by atoms with E-state index < -0.39 is 0 Å². The average molecular weight is 312 g/mol. The molecule has 1 heterocycles. The number of nitrogens with one attached hydrogen (secondary N) is 1. The monoisotopic (exact) mass is 311 g/mol. The first kappa shape index (κ1) is 13.6. The van der Waals surface area contributed by atoms with Crippen LogP contribution in [0.5, 0.6) is 5.75 Å². The number of carbonyl (C=O) groups is 1. The summed E-state index contributed by atoms with van der Waals surface area (Å²) in [6.07, 6.45) is 2.24. The third-order valence-corrected chi connectivity index (χ3v) is 3.80. The Balaban J connectivity index is 1.99. The molecule has 1 aromatic rings. The highest BCUT2D eigenvalue weighted by atomic mass is 79.9. The van der Waals surface area contributed by atoms with Crippen LogP contribution in [0.2, 0.25) is 0 Å². The highest BCUT2D eigenvalue weighted by Crippen LogP contribution is 2.24. The van der Waals surface area contributed by atoms with E-state index in [1.54, 1.807) is 7.11 Å². The highest BCUT2D eigenvalue weighted by molar-refractivity contribution is 9.10. The van der Waals surface area contributed by atoms with Crippen LogP contribution in [-0.2, 0) is 11.2 Å². The molecule has 98 valence electrons. The number of hydrogen-bond donors (Lipinski definition) is 1. The minimum absolute atomic E-state index is 0.292. The summed E-state index contributed by atoms with van der Waals surface area (Å²) >= 11 is 3.43. The Kier molecular flexibility index (Phi) is 4.78. The molecule has 0 radical (unpaired) electrons. The minimum atomic E-state index is 0.292. The molecule has 0 spiro atoms. The maximum absolute atomic E-state index is 12.0. The first-order valence-corrected chi connectivity index (χ1v) is 7.03. The van der Waals surface area contributed by atoms with Gasteiger partial charge in [-0.3, -0.25) is 4.79 Å². The second-order valence-electron chi connectivity index (χ2n) is 4.73. The molecule has 2 rings (SSSR count). The Morgan fingerprint density at radius 1 is 1.56 bits per heavy atom. The summed E-state index contributed by atoms with van der Waals surface area (Å²) in [6, 6.07) is 5.78. The summed E-state index contributed by atoms with van der Waals surface area (Å²) in [4.78, 5) is 12.0. The van der Waals surface area contributed by atoms with Crippen LogP contribution in [0.3, 0.4) is 0 Å². The summed E-state index contributed by atoms with van der Waals surface area (Å²) in [6.45, 7) is 2.01. The molecule has 4 heteroatoms. The third kappa shape index (κ3) is 3.56. The van der Waals surface area contributed by atoms with Crippen molar-refractivity contribution in [3.63, 3.8) is 0 Å². The van der Waals surface area contributed by atoms with E-state index in [9.17, 15) is 4.79 Å². The first-order chi connectivity index (χ1) is 8.69. The molecule has 0 bridgehead atoms. The summed E-state index contributed by atoms with van der Waals surface area (Å²) in [5, 5.41) is 3.29. The fourth-order valence-electron chi connectivity index (χ4n) is 2.38. The SMILES string of the molecule is COc1ccc(Br)cc1CC(=O)CC1CCNC1. The molecule has 1 saturated heterocycles. The van der Waals surface area contributed by atoms with Crippen molar-refractivity contribution >= 4 is 21.7 Å². The first-order valence-electron chi connectivity index (χ1n) is 6.24. The fraction of sp³-hybridized carbons (Fsp3) is 0.500. The van der Waals surface area contributed by atoms with Crippen molar-refractivity contribution in [3.8, 4) is 5.75 Å². The Labute approximate surface area is 116 Å². The lowest BCUT2D eigenvalue weighted by Gasteiger charge is -2.10. The zero-order chi connectivity index (χ0) is 13.0. The molecule has 18 heavy (non-hydrogen) atoms. The van der Waals surface area contributed by atoms with Crippen molar-refractivity contribution in [2.45, 2.75) is 19.3 Å². The fourth-order valence-corrected chi connectivity index (χ4v) is 2.79. The van der Waals surface area contributed by atoms with Gasteiger partial charge in [0.05, 0.1) is 7.11 Å².